The van der Waals surface area contributed by atoms with Crippen molar-refractivity contribution >= 4 is 18.0 Å². The number of carboxylic acid groups (broad SMARTS) is 1. The summed E-state index contributed by atoms with van der Waals surface area (Å²) in [4.78, 5) is 15.5. The first-order valence-electron chi connectivity index (χ1n) is 6.75. The zero-order valence-corrected chi connectivity index (χ0v) is 12.1. The Morgan fingerprint density at radius 3 is 2.52 bits per heavy atom. The van der Waals surface area contributed by atoms with Crippen LogP contribution in [0.15, 0.2) is 53.5 Å². The van der Waals surface area contributed by atoms with Crippen molar-refractivity contribution < 1.29 is 9.90 Å². The van der Waals surface area contributed by atoms with Crippen molar-refractivity contribution in [1.82, 2.24) is 0 Å². The Morgan fingerprint density at radius 1 is 1.19 bits per heavy atom. The van der Waals surface area contributed by atoms with E-state index in [1.807, 2.05) is 44.2 Å². The lowest BCUT2D eigenvalue weighted by atomic mass is 10.0. The third-order valence-corrected chi connectivity index (χ3v) is 3.22. The molecule has 0 aliphatic carbocycles. The number of hydrogen-bond donors (Lipinski definition) is 2. The molecule has 0 heterocycles. The van der Waals surface area contributed by atoms with E-state index in [1.165, 1.54) is 5.56 Å². The van der Waals surface area contributed by atoms with Crippen molar-refractivity contribution in [2.75, 3.05) is 5.32 Å². The molecule has 0 saturated carbocycles. The van der Waals surface area contributed by atoms with E-state index in [9.17, 15) is 9.90 Å². The Morgan fingerprint density at radius 2 is 1.86 bits per heavy atom. The van der Waals surface area contributed by atoms with Crippen LogP contribution in [-0.4, -0.2) is 17.4 Å². The number of aromatic carboxylic acids is 1. The first kappa shape index (κ1) is 14.8. The lowest BCUT2D eigenvalue weighted by Gasteiger charge is -2.10. The van der Waals surface area contributed by atoms with E-state index in [2.05, 4.69) is 10.3 Å². The van der Waals surface area contributed by atoms with Gasteiger partial charge in [0.1, 0.15) is 0 Å². The number of hydrogen-bond acceptors (Lipinski definition) is 2. The van der Waals surface area contributed by atoms with E-state index >= 15 is 0 Å². The van der Waals surface area contributed by atoms with Gasteiger partial charge in [0.15, 0.2) is 0 Å². The van der Waals surface area contributed by atoms with Gasteiger partial charge < -0.3 is 10.4 Å². The standard InChI is InChI=1S/C17H18N2O2/c1-12-7-9-14(10-8-12)19-11-18-13(2)15-5-3-4-6-16(15)17(20)21/h3-11,13H,1-2H3,(H,18,19)(H,20,21). The molecule has 0 aromatic heterocycles. The van der Waals surface area contributed by atoms with Crippen molar-refractivity contribution in [1.29, 1.82) is 0 Å². The average molecular weight is 282 g/mol. The zero-order valence-electron chi connectivity index (χ0n) is 12.1. The fourth-order valence-corrected chi connectivity index (χ4v) is 2.01. The number of carboxylic acids is 1. The largest absolute Gasteiger partial charge is 0.478 e. The number of aryl methyl sites for hydroxylation is 1. The molecule has 0 saturated heterocycles. The Balaban J connectivity index is 2.07. The van der Waals surface area contributed by atoms with Crippen molar-refractivity contribution in [3.63, 3.8) is 0 Å². The number of rotatable bonds is 5. The summed E-state index contributed by atoms with van der Waals surface area (Å²) in [6.45, 7) is 3.90. The molecule has 0 radical (unpaired) electrons. The van der Waals surface area contributed by atoms with E-state index in [4.69, 9.17) is 0 Å². The molecule has 2 rings (SSSR count). The van der Waals surface area contributed by atoms with E-state index < -0.39 is 5.97 Å². The molecular weight excluding hydrogens is 264 g/mol. The second-order valence-corrected chi connectivity index (χ2v) is 4.86. The highest BCUT2D eigenvalue weighted by Crippen LogP contribution is 2.20. The zero-order chi connectivity index (χ0) is 15.2. The predicted molar refractivity (Wildman–Crippen MR) is 85.1 cm³/mol. The summed E-state index contributed by atoms with van der Waals surface area (Å²) in [5.74, 6) is -0.931. The van der Waals surface area contributed by atoms with Crippen molar-refractivity contribution in [3.05, 3.63) is 65.2 Å². The summed E-state index contributed by atoms with van der Waals surface area (Å²) in [6.07, 6.45) is 1.61. The van der Waals surface area contributed by atoms with Crippen molar-refractivity contribution in [3.8, 4) is 0 Å². The monoisotopic (exact) mass is 282 g/mol. The van der Waals surface area contributed by atoms with Gasteiger partial charge in [0, 0.05) is 5.69 Å². The molecule has 0 bridgehead atoms. The Hall–Kier alpha value is -2.62. The molecule has 4 heteroatoms. The van der Waals surface area contributed by atoms with Crippen LogP contribution in [0.3, 0.4) is 0 Å². The highest BCUT2D eigenvalue weighted by atomic mass is 16.4. The molecule has 21 heavy (non-hydrogen) atoms. The van der Waals surface area contributed by atoms with Crippen LogP contribution in [0.4, 0.5) is 5.69 Å². The van der Waals surface area contributed by atoms with Crippen LogP contribution in [-0.2, 0) is 0 Å². The second-order valence-electron chi connectivity index (χ2n) is 4.86. The summed E-state index contributed by atoms with van der Waals surface area (Å²) >= 11 is 0. The van der Waals surface area contributed by atoms with Gasteiger partial charge in [0.25, 0.3) is 0 Å². The molecule has 2 aromatic carbocycles. The highest BCUT2D eigenvalue weighted by molar-refractivity contribution is 5.89. The number of benzene rings is 2. The SMILES string of the molecule is Cc1ccc(NC=NC(C)c2ccccc2C(=O)O)cc1. The Labute approximate surface area is 124 Å². The molecule has 4 nitrogen and oxygen atoms in total. The highest BCUT2D eigenvalue weighted by Gasteiger charge is 2.13. The third-order valence-electron chi connectivity index (χ3n) is 3.22. The van der Waals surface area contributed by atoms with E-state index in [0.717, 1.165) is 5.69 Å². The lowest BCUT2D eigenvalue weighted by Crippen LogP contribution is -2.05. The molecule has 2 aromatic rings. The van der Waals surface area contributed by atoms with E-state index in [-0.39, 0.29) is 11.6 Å². The first-order chi connectivity index (χ1) is 10.1. The average Bonchev–Trinajstić information content (AvgIpc) is 2.49. The van der Waals surface area contributed by atoms with Crippen LogP contribution < -0.4 is 5.32 Å². The topological polar surface area (TPSA) is 61.7 Å². The molecule has 0 aliphatic heterocycles. The van der Waals surface area contributed by atoms with Gasteiger partial charge in [-0.1, -0.05) is 35.9 Å². The van der Waals surface area contributed by atoms with Gasteiger partial charge >= 0.3 is 5.97 Å². The number of aliphatic imine (C=N–C) groups is 1. The maximum Gasteiger partial charge on any atom is 0.336 e. The van der Waals surface area contributed by atoms with Crippen LogP contribution in [0.25, 0.3) is 0 Å². The first-order valence-corrected chi connectivity index (χ1v) is 6.75. The van der Waals surface area contributed by atoms with Gasteiger partial charge in [-0.2, -0.15) is 0 Å². The molecule has 1 unspecified atom stereocenters. The van der Waals surface area contributed by atoms with Crippen molar-refractivity contribution in [2.24, 2.45) is 4.99 Å². The van der Waals surface area contributed by atoms with Crippen LogP contribution in [0.1, 0.15) is 34.5 Å². The normalized spacial score (nSPS) is 12.3. The van der Waals surface area contributed by atoms with Gasteiger partial charge in [0.05, 0.1) is 17.9 Å². The minimum absolute atomic E-state index is 0.227. The minimum Gasteiger partial charge on any atom is -0.478 e. The van der Waals surface area contributed by atoms with Crippen LogP contribution in [0, 0.1) is 6.92 Å². The molecule has 0 amide bonds. The number of carbonyl (C=O) groups is 1. The van der Waals surface area contributed by atoms with E-state index in [0.29, 0.717) is 5.56 Å². The van der Waals surface area contributed by atoms with Crippen LogP contribution in [0.2, 0.25) is 0 Å². The van der Waals surface area contributed by atoms with Gasteiger partial charge in [-0.25, -0.2) is 4.79 Å². The Kier molecular flexibility index (Phi) is 4.72. The molecule has 0 spiro atoms. The van der Waals surface area contributed by atoms with Gasteiger partial charge in [-0.15, -0.1) is 0 Å². The third kappa shape index (κ3) is 3.92. The van der Waals surface area contributed by atoms with Gasteiger partial charge in [-0.3, -0.25) is 4.99 Å². The van der Waals surface area contributed by atoms with Crippen LogP contribution >= 0.6 is 0 Å². The summed E-state index contributed by atoms with van der Waals surface area (Å²) in [5.41, 5.74) is 3.13. The molecule has 0 aliphatic rings. The lowest BCUT2D eigenvalue weighted by molar-refractivity contribution is 0.0695. The van der Waals surface area contributed by atoms with Gasteiger partial charge in [0.2, 0.25) is 0 Å². The fourth-order valence-electron chi connectivity index (χ4n) is 2.01. The Bertz CT molecular complexity index is 648. The molecular formula is C17H18N2O2. The fraction of sp³-hybridized carbons (Fsp3) is 0.176. The van der Waals surface area contributed by atoms with Gasteiger partial charge in [-0.05, 0) is 37.6 Å². The summed E-state index contributed by atoms with van der Waals surface area (Å²) in [6, 6.07) is 14.7. The second kappa shape index (κ2) is 6.70. The summed E-state index contributed by atoms with van der Waals surface area (Å²) in [7, 11) is 0. The maximum absolute atomic E-state index is 11.2. The maximum atomic E-state index is 11.2. The number of anilines is 1. The van der Waals surface area contributed by atoms with E-state index in [1.54, 1.807) is 24.5 Å². The number of nitrogens with one attached hydrogen (secondary N) is 1. The number of nitrogens with zero attached hydrogens (tertiary/aromatic N) is 1. The summed E-state index contributed by atoms with van der Waals surface area (Å²) < 4.78 is 0. The quantitative estimate of drug-likeness (QED) is 0.646. The molecule has 1 atom stereocenters. The predicted octanol–water partition coefficient (Wildman–Crippen LogP) is 3.89. The van der Waals surface area contributed by atoms with Crippen LogP contribution in [0.5, 0.6) is 0 Å². The molecule has 0 fully saturated rings. The van der Waals surface area contributed by atoms with Crippen molar-refractivity contribution in [2.45, 2.75) is 19.9 Å². The molecule has 2 N–H and O–H groups in total. The smallest absolute Gasteiger partial charge is 0.336 e. The summed E-state index contributed by atoms with van der Waals surface area (Å²) in [5, 5.41) is 12.3. The molecule has 108 valence electrons. The minimum atomic E-state index is -0.931.